The maximum Gasteiger partial charge on any atom is 0.246 e. The van der Waals surface area contributed by atoms with Crippen molar-refractivity contribution in [2.45, 2.75) is 26.3 Å². The van der Waals surface area contributed by atoms with Crippen LogP contribution >= 0.6 is 12.4 Å². The van der Waals surface area contributed by atoms with E-state index in [2.05, 4.69) is 5.32 Å². The molecule has 1 aliphatic heterocycles. The summed E-state index contributed by atoms with van der Waals surface area (Å²) < 4.78 is 26.5. The van der Waals surface area contributed by atoms with E-state index in [0.29, 0.717) is 24.2 Å². The first-order chi connectivity index (χ1) is 10.3. The van der Waals surface area contributed by atoms with Crippen LogP contribution in [0.1, 0.15) is 19.4 Å². The molecule has 0 fully saturated rings. The number of amides is 2. The molecule has 1 aliphatic rings. The largest absolute Gasteiger partial charge is 0.346 e. The number of rotatable bonds is 4. The Morgan fingerprint density at radius 2 is 1.91 bits per heavy atom. The molecular weight excluding hydrogens is 328 g/mol. The lowest BCUT2D eigenvalue weighted by Crippen LogP contribution is -2.47. The van der Waals surface area contributed by atoms with Crippen LogP contribution in [0.2, 0.25) is 0 Å². The number of benzene rings is 1. The van der Waals surface area contributed by atoms with Crippen molar-refractivity contribution in [1.82, 2.24) is 5.32 Å². The highest BCUT2D eigenvalue weighted by molar-refractivity contribution is 5.98. The minimum absolute atomic E-state index is 0. The number of carbonyl (C=O) groups excluding carboxylic acids is 2. The number of nitrogens with zero attached hydrogens (tertiary/aromatic N) is 1. The van der Waals surface area contributed by atoms with Gasteiger partial charge < -0.3 is 16.0 Å². The van der Waals surface area contributed by atoms with Crippen LogP contribution in [0.3, 0.4) is 0 Å². The minimum Gasteiger partial charge on any atom is -0.346 e. The molecule has 0 radical (unpaired) electrons. The van der Waals surface area contributed by atoms with E-state index >= 15 is 0 Å². The summed E-state index contributed by atoms with van der Waals surface area (Å²) in [4.78, 5) is 25.2. The predicted molar refractivity (Wildman–Crippen MR) is 85.5 cm³/mol. The fourth-order valence-electron chi connectivity index (χ4n) is 2.32. The second-order valence-electron chi connectivity index (χ2n) is 5.68. The maximum absolute atomic E-state index is 13.3. The van der Waals surface area contributed by atoms with Gasteiger partial charge in [-0.25, -0.2) is 8.78 Å². The van der Waals surface area contributed by atoms with Gasteiger partial charge in [-0.1, -0.05) is 13.8 Å². The lowest BCUT2D eigenvalue weighted by molar-refractivity contribution is -0.126. The molecule has 0 aliphatic carbocycles. The minimum atomic E-state index is -0.996. The van der Waals surface area contributed by atoms with Gasteiger partial charge in [0.25, 0.3) is 0 Å². The second-order valence-corrected chi connectivity index (χ2v) is 5.68. The fraction of sp³-hybridized carbons (Fsp3) is 0.467. The first-order valence-corrected chi connectivity index (χ1v) is 7.13. The van der Waals surface area contributed by atoms with E-state index in [0.717, 1.165) is 12.1 Å². The number of anilines is 1. The topological polar surface area (TPSA) is 75.4 Å². The Morgan fingerprint density at radius 3 is 2.52 bits per heavy atom. The summed E-state index contributed by atoms with van der Waals surface area (Å²) >= 11 is 0. The lowest BCUT2D eigenvalue weighted by Gasteiger charge is -2.19. The van der Waals surface area contributed by atoms with Crippen LogP contribution in [-0.2, 0) is 16.0 Å². The molecule has 3 N–H and O–H groups in total. The van der Waals surface area contributed by atoms with E-state index in [1.54, 1.807) is 13.8 Å². The highest BCUT2D eigenvalue weighted by Gasteiger charge is 2.27. The summed E-state index contributed by atoms with van der Waals surface area (Å²) in [5.41, 5.74) is 6.62. The van der Waals surface area contributed by atoms with Crippen LogP contribution in [0.4, 0.5) is 14.5 Å². The molecule has 0 saturated carbocycles. The zero-order chi connectivity index (χ0) is 16.4. The molecule has 8 heteroatoms. The standard InChI is InChI=1S/C15H19F2N3O2.ClH/c1-8(2)14(18)15(22)19-7-13(21)20-4-3-9-5-10(16)11(17)6-12(9)20;/h5-6,8,14H,3-4,7,18H2,1-2H3,(H,19,22);1H/t14-;/m0./s1. The van der Waals surface area contributed by atoms with Gasteiger partial charge in [-0.2, -0.15) is 0 Å². The molecule has 128 valence electrons. The van der Waals surface area contributed by atoms with E-state index in [-0.39, 0.29) is 30.8 Å². The third kappa shape index (κ3) is 4.17. The van der Waals surface area contributed by atoms with Crippen molar-refractivity contribution in [3.8, 4) is 0 Å². The van der Waals surface area contributed by atoms with Crippen LogP contribution in [0.15, 0.2) is 12.1 Å². The molecule has 2 amide bonds. The average Bonchev–Trinajstić information content (AvgIpc) is 2.86. The highest BCUT2D eigenvalue weighted by Crippen LogP contribution is 2.30. The molecule has 0 saturated heterocycles. The third-order valence-electron chi connectivity index (χ3n) is 3.75. The van der Waals surface area contributed by atoms with Crippen LogP contribution in [0.25, 0.3) is 0 Å². The van der Waals surface area contributed by atoms with Crippen molar-refractivity contribution in [2.24, 2.45) is 11.7 Å². The summed E-state index contributed by atoms with van der Waals surface area (Å²) in [6, 6.07) is 1.42. The summed E-state index contributed by atoms with van der Waals surface area (Å²) in [6.07, 6.45) is 0.456. The first-order valence-electron chi connectivity index (χ1n) is 7.13. The van der Waals surface area contributed by atoms with Crippen LogP contribution in [-0.4, -0.2) is 30.9 Å². The molecule has 0 unspecified atom stereocenters. The smallest absolute Gasteiger partial charge is 0.246 e. The van der Waals surface area contributed by atoms with Gasteiger partial charge in [-0.05, 0) is 24.0 Å². The van der Waals surface area contributed by atoms with E-state index in [1.807, 2.05) is 0 Å². The summed E-state index contributed by atoms with van der Waals surface area (Å²) in [6.45, 7) is 3.72. The van der Waals surface area contributed by atoms with Crippen molar-refractivity contribution >= 4 is 29.9 Å². The summed E-state index contributed by atoms with van der Waals surface area (Å²) in [5.74, 6) is -2.75. The molecule has 5 nitrogen and oxygen atoms in total. The van der Waals surface area contributed by atoms with Gasteiger partial charge >= 0.3 is 0 Å². The third-order valence-corrected chi connectivity index (χ3v) is 3.75. The van der Waals surface area contributed by atoms with Gasteiger partial charge in [0, 0.05) is 12.6 Å². The Labute approximate surface area is 139 Å². The molecule has 1 aromatic rings. The number of nitrogens with two attached hydrogens (primary N) is 1. The molecular formula is C15H20ClF2N3O2. The molecule has 1 aromatic carbocycles. The number of nitrogens with one attached hydrogen (secondary N) is 1. The Kier molecular flexibility index (Phi) is 6.47. The normalized spacial score (nSPS) is 14.3. The van der Waals surface area contributed by atoms with E-state index in [4.69, 9.17) is 5.73 Å². The quantitative estimate of drug-likeness (QED) is 0.864. The fourth-order valence-corrected chi connectivity index (χ4v) is 2.32. The predicted octanol–water partition coefficient (Wildman–Crippen LogP) is 1.38. The van der Waals surface area contributed by atoms with Crippen molar-refractivity contribution in [3.63, 3.8) is 0 Å². The van der Waals surface area contributed by atoms with Crippen molar-refractivity contribution in [2.75, 3.05) is 18.0 Å². The number of fused-ring (bicyclic) bond motifs is 1. The molecule has 0 spiro atoms. The molecule has 0 aromatic heterocycles. The molecule has 1 heterocycles. The van der Waals surface area contributed by atoms with Gasteiger partial charge in [-0.3, -0.25) is 9.59 Å². The van der Waals surface area contributed by atoms with Gasteiger partial charge in [-0.15, -0.1) is 12.4 Å². The molecule has 23 heavy (non-hydrogen) atoms. The average molecular weight is 348 g/mol. The van der Waals surface area contributed by atoms with Crippen molar-refractivity contribution < 1.29 is 18.4 Å². The Hall–Kier alpha value is -1.73. The van der Waals surface area contributed by atoms with Gasteiger partial charge in [0.1, 0.15) is 0 Å². The number of hydrogen-bond acceptors (Lipinski definition) is 3. The maximum atomic E-state index is 13.3. The van der Waals surface area contributed by atoms with Gasteiger partial charge in [0.05, 0.1) is 18.3 Å². The lowest BCUT2D eigenvalue weighted by atomic mass is 10.1. The monoisotopic (exact) mass is 347 g/mol. The first kappa shape index (κ1) is 19.3. The van der Waals surface area contributed by atoms with E-state index in [1.165, 1.54) is 4.90 Å². The van der Waals surface area contributed by atoms with Crippen molar-refractivity contribution in [1.29, 1.82) is 0 Å². The zero-order valence-electron chi connectivity index (χ0n) is 12.9. The number of carbonyl (C=O) groups is 2. The van der Waals surface area contributed by atoms with Crippen LogP contribution in [0.5, 0.6) is 0 Å². The van der Waals surface area contributed by atoms with Gasteiger partial charge in [0.2, 0.25) is 11.8 Å². The second kappa shape index (κ2) is 7.70. The number of hydrogen-bond donors (Lipinski definition) is 2. The zero-order valence-corrected chi connectivity index (χ0v) is 13.8. The van der Waals surface area contributed by atoms with E-state index < -0.39 is 23.6 Å². The molecule has 0 bridgehead atoms. The van der Waals surface area contributed by atoms with Crippen molar-refractivity contribution in [3.05, 3.63) is 29.3 Å². The van der Waals surface area contributed by atoms with Gasteiger partial charge in [0.15, 0.2) is 11.6 Å². The Bertz CT molecular complexity index is 611. The van der Waals surface area contributed by atoms with E-state index in [9.17, 15) is 18.4 Å². The molecule has 2 rings (SSSR count). The molecule has 1 atom stereocenters. The summed E-state index contributed by atoms with van der Waals surface area (Å²) in [7, 11) is 0. The SMILES string of the molecule is CC(C)[C@H](N)C(=O)NCC(=O)N1CCc2cc(F)c(F)cc21.Cl. The highest BCUT2D eigenvalue weighted by atomic mass is 35.5. The Balaban J connectivity index is 0.00000264. The summed E-state index contributed by atoms with van der Waals surface area (Å²) in [5, 5.41) is 2.47. The van der Waals surface area contributed by atoms with Crippen LogP contribution in [0, 0.1) is 17.6 Å². The Morgan fingerprint density at radius 1 is 1.30 bits per heavy atom. The number of halogens is 3. The van der Waals surface area contributed by atoms with Crippen LogP contribution < -0.4 is 16.0 Å².